The van der Waals surface area contributed by atoms with E-state index < -0.39 is 0 Å². The van der Waals surface area contributed by atoms with E-state index in [9.17, 15) is 9.59 Å². The predicted octanol–water partition coefficient (Wildman–Crippen LogP) is 1.13. The summed E-state index contributed by atoms with van der Waals surface area (Å²) in [5.41, 5.74) is 8.36. The van der Waals surface area contributed by atoms with E-state index in [0.717, 1.165) is 16.8 Å². The molecule has 0 saturated heterocycles. The molecule has 2 aliphatic rings. The van der Waals surface area contributed by atoms with Crippen LogP contribution in [-0.2, 0) is 14.3 Å². The van der Waals surface area contributed by atoms with Gasteiger partial charge in [-0.15, -0.1) is 0 Å². The molecule has 0 atom stereocenters. The molecule has 0 heterocycles. The molecule has 2 aliphatic carbocycles. The Morgan fingerprint density at radius 2 is 1.94 bits per heavy atom. The number of benzene rings is 1. The number of hydrogen-bond acceptors (Lipinski definition) is 4. The first-order valence-corrected chi connectivity index (χ1v) is 5.34. The zero-order chi connectivity index (χ0) is 12.8. The van der Waals surface area contributed by atoms with Gasteiger partial charge in [-0.1, -0.05) is 25.1 Å². The normalized spacial score (nSPS) is 9.82. The van der Waals surface area contributed by atoms with Crippen LogP contribution in [0.25, 0.3) is 11.1 Å². The molecule has 92 valence electrons. The van der Waals surface area contributed by atoms with Gasteiger partial charge in [0.1, 0.15) is 0 Å². The van der Waals surface area contributed by atoms with Crippen LogP contribution >= 0.6 is 0 Å². The van der Waals surface area contributed by atoms with E-state index >= 15 is 0 Å². The fourth-order valence-corrected chi connectivity index (χ4v) is 1.27. The van der Waals surface area contributed by atoms with Crippen LogP contribution in [0.1, 0.15) is 13.3 Å². The van der Waals surface area contributed by atoms with Crippen molar-refractivity contribution in [3.8, 4) is 11.1 Å². The van der Waals surface area contributed by atoms with Crippen LogP contribution in [0.4, 0.5) is 5.69 Å². The van der Waals surface area contributed by atoms with E-state index in [0.29, 0.717) is 6.42 Å². The average Bonchev–Trinajstić information content (AvgIpc) is 2.81. The summed E-state index contributed by atoms with van der Waals surface area (Å²) in [5, 5.41) is 2.70. The maximum Gasteiger partial charge on any atom is 0.305 e. The van der Waals surface area contributed by atoms with Gasteiger partial charge in [-0.25, -0.2) is 0 Å². The van der Waals surface area contributed by atoms with Crippen LogP contribution in [0.2, 0.25) is 0 Å². The van der Waals surface area contributed by atoms with Crippen LogP contribution in [0.15, 0.2) is 18.2 Å². The molecule has 2 rings (SSSR count). The molecule has 0 spiro atoms. The van der Waals surface area contributed by atoms with E-state index in [1.165, 1.54) is 7.11 Å². The minimum Gasteiger partial charge on any atom is -0.469 e. The summed E-state index contributed by atoms with van der Waals surface area (Å²) < 4.78 is 4.26. The Labute approximate surface area is 99.9 Å². The van der Waals surface area contributed by atoms with E-state index in [2.05, 4.69) is 10.1 Å². The van der Waals surface area contributed by atoms with Gasteiger partial charge in [-0.2, -0.15) is 0 Å². The van der Waals surface area contributed by atoms with Gasteiger partial charge in [0.15, 0.2) is 0 Å². The lowest BCUT2D eigenvalue weighted by Crippen LogP contribution is -2.20. The van der Waals surface area contributed by atoms with E-state index in [1.807, 2.05) is 18.2 Å². The van der Waals surface area contributed by atoms with Crippen molar-refractivity contribution in [3.63, 3.8) is 0 Å². The number of esters is 1. The molecule has 0 unspecified atom stereocenters. The van der Waals surface area contributed by atoms with E-state index in [1.54, 1.807) is 6.92 Å². The molecule has 0 radical (unpaired) electrons. The van der Waals surface area contributed by atoms with Crippen LogP contribution in [-0.4, -0.2) is 25.5 Å². The fraction of sp³-hybridized carbons (Fsp3) is 0.333. The molecule has 0 aliphatic heterocycles. The fourth-order valence-electron chi connectivity index (χ4n) is 1.27. The van der Waals surface area contributed by atoms with Crippen molar-refractivity contribution in [2.75, 3.05) is 19.0 Å². The van der Waals surface area contributed by atoms with Gasteiger partial charge in [0.2, 0.25) is 5.91 Å². The van der Waals surface area contributed by atoms with Crippen molar-refractivity contribution in [1.29, 1.82) is 0 Å². The van der Waals surface area contributed by atoms with Gasteiger partial charge in [0.25, 0.3) is 0 Å². The van der Waals surface area contributed by atoms with Crippen LogP contribution in [0, 0.1) is 0 Å². The van der Waals surface area contributed by atoms with Crippen molar-refractivity contribution in [2.45, 2.75) is 13.3 Å². The minimum atomic E-state index is -0.157. The number of hydrogen-bond donors (Lipinski definition) is 2. The molecule has 0 fully saturated rings. The van der Waals surface area contributed by atoms with Gasteiger partial charge < -0.3 is 15.8 Å². The summed E-state index contributed by atoms with van der Waals surface area (Å²) in [5.74, 6) is -0.286. The predicted molar refractivity (Wildman–Crippen MR) is 65.4 cm³/mol. The lowest BCUT2D eigenvalue weighted by atomic mass is 10.5. The summed E-state index contributed by atoms with van der Waals surface area (Å²) in [6.45, 7) is 1.81. The highest BCUT2D eigenvalue weighted by atomic mass is 16.5. The maximum atomic E-state index is 10.8. The summed E-state index contributed by atoms with van der Waals surface area (Å²) in [4.78, 5) is 20.7. The Bertz CT molecular complexity index is 404. The second kappa shape index (κ2) is 6.00. The molecule has 0 bridgehead atoms. The molecule has 1 amide bonds. The second-order valence-corrected chi connectivity index (χ2v) is 3.41. The summed E-state index contributed by atoms with van der Waals surface area (Å²) in [6, 6.07) is 5.91. The quantitative estimate of drug-likeness (QED) is 0.783. The first-order valence-electron chi connectivity index (χ1n) is 5.34. The van der Waals surface area contributed by atoms with Gasteiger partial charge >= 0.3 is 5.97 Å². The number of amides is 1. The van der Waals surface area contributed by atoms with Crippen molar-refractivity contribution in [3.05, 3.63) is 18.2 Å². The number of ether oxygens (including phenoxy) is 1. The van der Waals surface area contributed by atoms with Gasteiger partial charge in [-0.05, 0) is 0 Å². The van der Waals surface area contributed by atoms with Crippen molar-refractivity contribution < 1.29 is 14.3 Å². The third-order valence-electron chi connectivity index (χ3n) is 2.26. The lowest BCUT2D eigenvalue weighted by Gasteiger charge is -1.92. The molecular weight excluding hydrogens is 220 g/mol. The zero-order valence-corrected chi connectivity index (χ0v) is 9.95. The topological polar surface area (TPSA) is 81.4 Å². The minimum absolute atomic E-state index is 0.0494. The second-order valence-electron chi connectivity index (χ2n) is 3.41. The third kappa shape index (κ3) is 3.57. The number of methoxy groups -OCH3 is 1. The van der Waals surface area contributed by atoms with Crippen LogP contribution in [0.5, 0.6) is 0 Å². The number of nitrogens with one attached hydrogen (secondary N) is 1. The molecular formula is C12H16N2O3. The Hall–Kier alpha value is -1.88. The summed E-state index contributed by atoms with van der Waals surface area (Å²) in [6.07, 6.45) is 0.469. The van der Waals surface area contributed by atoms with Gasteiger partial charge in [0.05, 0.1) is 19.3 Å². The Kier molecular flexibility index (Phi) is 4.66. The summed E-state index contributed by atoms with van der Waals surface area (Å²) in [7, 11) is 1.38. The SMILES string of the molecule is CCC(=O)OC.NCC(=O)Nc1c2cccc1-2. The average molecular weight is 236 g/mol. The van der Waals surface area contributed by atoms with Crippen molar-refractivity contribution in [2.24, 2.45) is 5.73 Å². The smallest absolute Gasteiger partial charge is 0.305 e. The van der Waals surface area contributed by atoms with Crippen LogP contribution in [0.3, 0.4) is 0 Å². The number of carbonyl (C=O) groups excluding carboxylic acids is 2. The Morgan fingerprint density at radius 1 is 1.35 bits per heavy atom. The molecule has 0 aromatic carbocycles. The standard InChI is InChI=1S/C8H8N2O.C4H8O2/c9-4-7(11)10-8-5-2-1-3-6(5)8;1-3-4(5)6-2/h1-3H,4,9H2,(H,10,11);3H2,1-2H3. The van der Waals surface area contributed by atoms with Crippen LogP contribution < -0.4 is 11.1 Å². The number of fused-ring (bicyclic) bond motifs is 1. The van der Waals surface area contributed by atoms with Gasteiger partial charge in [-0.3, -0.25) is 9.59 Å². The van der Waals surface area contributed by atoms with Gasteiger partial charge in [0, 0.05) is 17.5 Å². The molecule has 5 nitrogen and oxygen atoms in total. The van der Waals surface area contributed by atoms with Crippen molar-refractivity contribution >= 4 is 17.6 Å². The van der Waals surface area contributed by atoms with E-state index in [4.69, 9.17) is 5.73 Å². The lowest BCUT2D eigenvalue weighted by molar-refractivity contribution is -0.140. The number of carbonyl (C=O) groups is 2. The first-order chi connectivity index (χ1) is 8.13. The number of rotatable bonds is 3. The number of nitrogens with two attached hydrogens (primary N) is 1. The summed E-state index contributed by atoms with van der Waals surface area (Å²) >= 11 is 0. The number of para-hydroxylation sites is 1. The maximum absolute atomic E-state index is 10.8. The highest BCUT2D eigenvalue weighted by molar-refractivity contribution is 6.12. The molecule has 17 heavy (non-hydrogen) atoms. The van der Waals surface area contributed by atoms with Crippen molar-refractivity contribution in [1.82, 2.24) is 0 Å². The first kappa shape index (κ1) is 13.2. The molecule has 0 saturated carbocycles. The molecule has 0 aromatic rings. The zero-order valence-electron chi connectivity index (χ0n) is 9.95. The Morgan fingerprint density at radius 3 is 2.29 bits per heavy atom. The number of anilines is 1. The highest BCUT2D eigenvalue weighted by Crippen LogP contribution is 2.48. The molecule has 0 aromatic heterocycles. The Balaban J connectivity index is 0.000000209. The third-order valence-corrected chi connectivity index (χ3v) is 2.26. The monoisotopic (exact) mass is 236 g/mol. The molecule has 3 N–H and O–H groups in total. The highest BCUT2D eigenvalue weighted by Gasteiger charge is 2.24. The molecule has 5 heteroatoms. The van der Waals surface area contributed by atoms with E-state index in [-0.39, 0.29) is 18.4 Å². The largest absolute Gasteiger partial charge is 0.469 e.